The summed E-state index contributed by atoms with van der Waals surface area (Å²) in [5, 5.41) is 0.939. The Morgan fingerprint density at radius 2 is 1.72 bits per heavy atom. The first-order valence-corrected chi connectivity index (χ1v) is 11.5. The molecule has 0 saturated carbocycles. The quantitative estimate of drug-likeness (QED) is 0.547. The standard InChI is InChI=1S/C24H29N3OS/c1-18-14-19(2)16-26(15-18)23(28)17-29-24-25-21-10-6-7-11-22(21)27(24)13-12-20-8-4-3-5-9-20/h3-11,18-19H,12-17H2,1-2H3/t18-,19-/m1/s1. The Hall–Kier alpha value is -2.27. The fraction of sp³-hybridized carbons (Fsp3) is 0.417. The highest BCUT2D eigenvalue weighted by molar-refractivity contribution is 7.99. The van der Waals surface area contributed by atoms with Gasteiger partial charge in [0.2, 0.25) is 5.91 Å². The van der Waals surface area contributed by atoms with Crippen molar-refractivity contribution in [1.82, 2.24) is 14.5 Å². The molecule has 1 aromatic heterocycles. The van der Waals surface area contributed by atoms with Crippen LogP contribution in [0.25, 0.3) is 11.0 Å². The molecule has 0 unspecified atom stereocenters. The van der Waals surface area contributed by atoms with E-state index in [0.717, 1.165) is 42.2 Å². The average molecular weight is 408 g/mol. The molecule has 1 saturated heterocycles. The minimum absolute atomic E-state index is 0.232. The van der Waals surface area contributed by atoms with Crippen molar-refractivity contribution >= 4 is 28.7 Å². The number of hydrogen-bond acceptors (Lipinski definition) is 3. The molecular formula is C24H29N3OS. The molecule has 2 atom stereocenters. The number of para-hydroxylation sites is 2. The Labute approximate surface area is 177 Å². The highest BCUT2D eigenvalue weighted by Gasteiger charge is 2.25. The normalized spacial score (nSPS) is 19.6. The molecule has 2 aromatic carbocycles. The Bertz CT molecular complexity index is 959. The third-order valence-corrected chi connectivity index (χ3v) is 6.59. The lowest BCUT2D eigenvalue weighted by molar-refractivity contribution is -0.130. The van der Waals surface area contributed by atoms with Gasteiger partial charge in [-0.15, -0.1) is 0 Å². The zero-order valence-corrected chi connectivity index (χ0v) is 18.1. The molecule has 0 aliphatic carbocycles. The van der Waals surface area contributed by atoms with E-state index in [0.29, 0.717) is 17.6 Å². The van der Waals surface area contributed by atoms with Gasteiger partial charge >= 0.3 is 0 Å². The number of piperidine rings is 1. The summed E-state index contributed by atoms with van der Waals surface area (Å²) in [5.74, 6) is 1.86. The summed E-state index contributed by atoms with van der Waals surface area (Å²) in [6.45, 7) is 7.11. The second kappa shape index (κ2) is 9.04. The van der Waals surface area contributed by atoms with Crippen LogP contribution in [0.2, 0.25) is 0 Å². The van der Waals surface area contributed by atoms with Crippen LogP contribution in [0.15, 0.2) is 59.8 Å². The van der Waals surface area contributed by atoms with Crippen LogP contribution in [-0.2, 0) is 17.8 Å². The fourth-order valence-electron chi connectivity index (χ4n) is 4.35. The van der Waals surface area contributed by atoms with Crippen molar-refractivity contribution in [2.24, 2.45) is 11.8 Å². The third-order valence-electron chi connectivity index (χ3n) is 5.63. The van der Waals surface area contributed by atoms with Crippen LogP contribution >= 0.6 is 11.8 Å². The van der Waals surface area contributed by atoms with Crippen LogP contribution < -0.4 is 0 Å². The summed E-state index contributed by atoms with van der Waals surface area (Å²) in [6.07, 6.45) is 2.16. The zero-order valence-electron chi connectivity index (χ0n) is 17.3. The molecule has 5 heteroatoms. The monoisotopic (exact) mass is 407 g/mol. The number of fused-ring (bicyclic) bond motifs is 1. The summed E-state index contributed by atoms with van der Waals surface area (Å²) < 4.78 is 2.27. The Kier molecular flexibility index (Phi) is 6.24. The minimum atomic E-state index is 0.232. The predicted molar refractivity (Wildman–Crippen MR) is 120 cm³/mol. The van der Waals surface area contributed by atoms with Gasteiger partial charge in [-0.25, -0.2) is 4.98 Å². The lowest BCUT2D eigenvalue weighted by atomic mass is 9.92. The number of likely N-dealkylation sites (tertiary alicyclic amines) is 1. The maximum atomic E-state index is 12.8. The molecule has 1 fully saturated rings. The molecule has 0 spiro atoms. The highest BCUT2D eigenvalue weighted by atomic mass is 32.2. The van der Waals surface area contributed by atoms with Crippen molar-refractivity contribution < 1.29 is 4.79 Å². The van der Waals surface area contributed by atoms with Crippen LogP contribution in [0.5, 0.6) is 0 Å². The lowest BCUT2D eigenvalue weighted by Gasteiger charge is -2.35. The molecule has 1 amide bonds. The molecule has 0 bridgehead atoms. The second-order valence-electron chi connectivity index (χ2n) is 8.30. The number of aromatic nitrogens is 2. The van der Waals surface area contributed by atoms with Crippen molar-refractivity contribution in [2.45, 2.75) is 38.4 Å². The number of carbonyl (C=O) groups is 1. The first-order valence-electron chi connectivity index (χ1n) is 10.5. The van der Waals surface area contributed by atoms with Gasteiger partial charge in [0.1, 0.15) is 0 Å². The molecule has 2 heterocycles. The van der Waals surface area contributed by atoms with E-state index in [1.165, 1.54) is 12.0 Å². The largest absolute Gasteiger partial charge is 0.341 e. The number of aryl methyl sites for hydroxylation is 2. The number of benzene rings is 2. The molecule has 1 aliphatic heterocycles. The van der Waals surface area contributed by atoms with Gasteiger partial charge < -0.3 is 9.47 Å². The lowest BCUT2D eigenvalue weighted by Crippen LogP contribution is -2.43. The van der Waals surface area contributed by atoms with E-state index in [1.54, 1.807) is 11.8 Å². The number of nitrogens with zero attached hydrogens (tertiary/aromatic N) is 3. The van der Waals surface area contributed by atoms with Crippen LogP contribution in [-0.4, -0.2) is 39.2 Å². The SMILES string of the molecule is C[C@@H]1C[C@@H](C)CN(C(=O)CSc2nc3ccccc3n2CCc2ccccc2)C1. The summed E-state index contributed by atoms with van der Waals surface area (Å²) in [4.78, 5) is 19.7. The second-order valence-corrected chi connectivity index (χ2v) is 9.25. The third kappa shape index (κ3) is 4.84. The van der Waals surface area contributed by atoms with E-state index >= 15 is 0 Å². The molecule has 29 heavy (non-hydrogen) atoms. The number of hydrogen-bond donors (Lipinski definition) is 0. The Balaban J connectivity index is 1.48. The molecule has 3 aromatic rings. The molecule has 0 N–H and O–H groups in total. The van der Waals surface area contributed by atoms with Crippen molar-refractivity contribution in [3.05, 3.63) is 60.2 Å². The van der Waals surface area contributed by atoms with E-state index in [2.05, 4.69) is 54.8 Å². The molecule has 152 valence electrons. The van der Waals surface area contributed by atoms with Crippen molar-refractivity contribution in [3.63, 3.8) is 0 Å². The number of rotatable bonds is 6. The Morgan fingerprint density at radius 1 is 1.03 bits per heavy atom. The molecule has 0 radical (unpaired) electrons. The van der Waals surface area contributed by atoms with Gasteiger partial charge in [-0.3, -0.25) is 4.79 Å². The maximum absolute atomic E-state index is 12.8. The van der Waals surface area contributed by atoms with Crippen LogP contribution in [0, 0.1) is 11.8 Å². The van der Waals surface area contributed by atoms with Crippen LogP contribution in [0.1, 0.15) is 25.8 Å². The van der Waals surface area contributed by atoms with E-state index in [1.807, 2.05) is 23.1 Å². The van der Waals surface area contributed by atoms with E-state index in [-0.39, 0.29) is 5.91 Å². The van der Waals surface area contributed by atoms with Gasteiger partial charge in [0.05, 0.1) is 16.8 Å². The van der Waals surface area contributed by atoms with Gasteiger partial charge in [-0.05, 0) is 42.4 Å². The smallest absolute Gasteiger partial charge is 0.233 e. The zero-order chi connectivity index (χ0) is 20.2. The highest BCUT2D eigenvalue weighted by Crippen LogP contribution is 2.26. The number of carbonyl (C=O) groups excluding carboxylic acids is 1. The minimum Gasteiger partial charge on any atom is -0.341 e. The summed E-state index contributed by atoms with van der Waals surface area (Å²) >= 11 is 1.57. The number of thioether (sulfide) groups is 1. The number of imidazole rings is 1. The van der Waals surface area contributed by atoms with E-state index in [4.69, 9.17) is 4.98 Å². The average Bonchev–Trinajstić information content (AvgIpc) is 3.08. The Morgan fingerprint density at radius 3 is 2.48 bits per heavy atom. The van der Waals surface area contributed by atoms with Crippen molar-refractivity contribution in [3.8, 4) is 0 Å². The first-order chi connectivity index (χ1) is 14.1. The van der Waals surface area contributed by atoms with Gasteiger partial charge in [0, 0.05) is 19.6 Å². The van der Waals surface area contributed by atoms with E-state index in [9.17, 15) is 4.79 Å². The van der Waals surface area contributed by atoms with Gasteiger partial charge in [-0.2, -0.15) is 0 Å². The number of amides is 1. The van der Waals surface area contributed by atoms with Gasteiger partial charge in [-0.1, -0.05) is 68.1 Å². The summed E-state index contributed by atoms with van der Waals surface area (Å²) in [6, 6.07) is 18.8. The van der Waals surface area contributed by atoms with Crippen LogP contribution in [0.4, 0.5) is 0 Å². The first kappa shape index (κ1) is 20.0. The summed E-state index contributed by atoms with van der Waals surface area (Å²) in [5.41, 5.74) is 3.45. The van der Waals surface area contributed by atoms with Crippen LogP contribution in [0.3, 0.4) is 0 Å². The molecular weight excluding hydrogens is 378 g/mol. The maximum Gasteiger partial charge on any atom is 0.233 e. The van der Waals surface area contributed by atoms with Gasteiger partial charge in [0.15, 0.2) is 5.16 Å². The van der Waals surface area contributed by atoms with Crippen molar-refractivity contribution in [1.29, 1.82) is 0 Å². The topological polar surface area (TPSA) is 38.1 Å². The molecule has 4 nitrogen and oxygen atoms in total. The predicted octanol–water partition coefficient (Wildman–Crippen LogP) is 4.88. The fourth-order valence-corrected chi connectivity index (χ4v) is 5.29. The summed E-state index contributed by atoms with van der Waals surface area (Å²) in [7, 11) is 0. The van der Waals surface area contributed by atoms with Gasteiger partial charge in [0.25, 0.3) is 0 Å². The van der Waals surface area contributed by atoms with E-state index < -0.39 is 0 Å². The molecule has 4 rings (SSSR count). The van der Waals surface area contributed by atoms with Crippen molar-refractivity contribution in [2.75, 3.05) is 18.8 Å². The molecule has 1 aliphatic rings.